The number of fused-ring (bicyclic) bond motifs is 2. The molecule has 0 bridgehead atoms. The van der Waals surface area contributed by atoms with Crippen LogP contribution in [-0.2, 0) is 36.5 Å². The van der Waals surface area contributed by atoms with Gasteiger partial charge in [-0.25, -0.2) is 19.9 Å². The number of carbonyl (C=O) groups is 2. The van der Waals surface area contributed by atoms with Gasteiger partial charge < -0.3 is 36.8 Å². The third-order valence-corrected chi connectivity index (χ3v) is 9.47. The first kappa shape index (κ1) is 41.0. The van der Waals surface area contributed by atoms with Crippen LogP contribution in [0.2, 0.25) is 0 Å². The molecular weight excluding hydrogens is 745 g/mol. The largest absolute Gasteiger partial charge is 0.481 e. The molecule has 0 fully saturated rings. The van der Waals surface area contributed by atoms with Crippen molar-refractivity contribution in [3.05, 3.63) is 132 Å². The Morgan fingerprint density at radius 3 is 1.59 bits per heavy atom. The number of nitrogen functional groups attached to an aromatic ring is 3. The predicted octanol–water partition coefficient (Wildman–Crippen LogP) is 6.54. The molecule has 6 aromatic heterocycles. The fourth-order valence-corrected chi connectivity index (χ4v) is 6.83. The van der Waals surface area contributed by atoms with Crippen molar-refractivity contribution in [1.29, 1.82) is 0 Å². The highest BCUT2D eigenvalue weighted by Crippen LogP contribution is 2.36. The molecule has 8 N–H and O–H groups in total. The fourth-order valence-electron chi connectivity index (χ4n) is 6.83. The maximum atomic E-state index is 12.4. The van der Waals surface area contributed by atoms with Crippen LogP contribution < -0.4 is 22.5 Å². The van der Waals surface area contributed by atoms with E-state index in [9.17, 15) is 9.59 Å². The molecule has 0 radical (unpaired) electrons. The summed E-state index contributed by atoms with van der Waals surface area (Å²) in [5.41, 5.74) is 30.4. The molecule has 2 aromatic carbocycles. The number of benzene rings is 2. The lowest BCUT2D eigenvalue weighted by Crippen LogP contribution is -2.15. The Morgan fingerprint density at radius 2 is 1.12 bits per heavy atom. The van der Waals surface area contributed by atoms with Crippen molar-refractivity contribution in [3.63, 3.8) is 0 Å². The van der Waals surface area contributed by atoms with Crippen LogP contribution in [0.25, 0.3) is 44.3 Å². The van der Waals surface area contributed by atoms with Gasteiger partial charge in [0.25, 0.3) is 0 Å². The summed E-state index contributed by atoms with van der Waals surface area (Å²) in [6, 6.07) is 22.7. The van der Waals surface area contributed by atoms with Crippen molar-refractivity contribution in [2.24, 2.45) is 14.1 Å². The second-order valence-corrected chi connectivity index (χ2v) is 14.2. The maximum Gasteiger partial charge on any atom is 0.309 e. The molecule has 0 aliphatic carbocycles. The van der Waals surface area contributed by atoms with E-state index < -0.39 is 5.97 Å². The minimum Gasteiger partial charge on any atom is -0.481 e. The van der Waals surface area contributed by atoms with E-state index >= 15 is 0 Å². The quantitative estimate of drug-likeness (QED) is 0.108. The van der Waals surface area contributed by atoms with Crippen LogP contribution in [0.4, 0.5) is 23.0 Å². The smallest absolute Gasteiger partial charge is 0.309 e. The van der Waals surface area contributed by atoms with Crippen LogP contribution in [0.15, 0.2) is 97.8 Å². The molecular formula is C44H46N12O3. The van der Waals surface area contributed by atoms with E-state index in [4.69, 9.17) is 22.3 Å². The van der Waals surface area contributed by atoms with Gasteiger partial charge in [-0.2, -0.15) is 0 Å². The number of carboxylic acids is 1. The number of aliphatic carboxylic acids is 1. The van der Waals surface area contributed by atoms with Gasteiger partial charge in [0.15, 0.2) is 0 Å². The van der Waals surface area contributed by atoms with Gasteiger partial charge in [0.1, 0.15) is 35.6 Å². The van der Waals surface area contributed by atoms with Crippen LogP contribution in [-0.4, -0.2) is 56.0 Å². The number of rotatable bonds is 7. The molecule has 8 rings (SSSR count). The summed E-state index contributed by atoms with van der Waals surface area (Å²) in [6.45, 7) is 7.79. The SMILES string of the molecule is Cc1cc(N)ccc1-c1cn(C)c2ncnc(N)c12.Cc1cccc(CC(=O)Nc2ccc(-c3cn(C)c4ncnc(N)c34)c(C)c2)n1.Cc1cccc(CC(=O)O)n1. The summed E-state index contributed by atoms with van der Waals surface area (Å²) in [5.74, 6) is 0.00557. The zero-order valence-corrected chi connectivity index (χ0v) is 33.7. The van der Waals surface area contributed by atoms with Gasteiger partial charge in [-0.1, -0.05) is 24.3 Å². The Balaban J connectivity index is 0.000000166. The molecule has 6 heterocycles. The Bertz CT molecular complexity index is 2830. The van der Waals surface area contributed by atoms with Crippen LogP contribution in [0.3, 0.4) is 0 Å². The van der Waals surface area contributed by atoms with Gasteiger partial charge in [0.2, 0.25) is 5.91 Å². The highest BCUT2D eigenvalue weighted by Gasteiger charge is 2.17. The topological polar surface area (TPSA) is 232 Å². The lowest BCUT2D eigenvalue weighted by molar-refractivity contribution is -0.136. The molecule has 0 unspecified atom stereocenters. The van der Waals surface area contributed by atoms with Gasteiger partial charge in [0.05, 0.1) is 29.3 Å². The number of nitrogens with one attached hydrogen (secondary N) is 1. The lowest BCUT2D eigenvalue weighted by atomic mass is 10.00. The molecule has 15 heteroatoms. The Kier molecular flexibility index (Phi) is 12.2. The first-order valence-electron chi connectivity index (χ1n) is 18.6. The molecule has 0 aliphatic heterocycles. The number of pyridine rings is 2. The number of carbonyl (C=O) groups excluding carboxylic acids is 1. The molecule has 0 atom stereocenters. The summed E-state index contributed by atoms with van der Waals surface area (Å²) in [4.78, 5) is 47.9. The van der Waals surface area contributed by atoms with Crippen LogP contribution in [0, 0.1) is 27.7 Å². The lowest BCUT2D eigenvalue weighted by Gasteiger charge is -2.10. The number of carboxylic acid groups (broad SMARTS) is 1. The molecule has 0 aliphatic rings. The van der Waals surface area contributed by atoms with E-state index in [1.165, 1.54) is 12.7 Å². The van der Waals surface area contributed by atoms with Gasteiger partial charge >= 0.3 is 5.97 Å². The van der Waals surface area contributed by atoms with Crippen LogP contribution >= 0.6 is 0 Å². The maximum absolute atomic E-state index is 12.4. The van der Waals surface area contributed by atoms with Gasteiger partial charge in [-0.05, 0) is 98.5 Å². The van der Waals surface area contributed by atoms with E-state index in [2.05, 4.69) is 35.2 Å². The average molecular weight is 791 g/mol. The molecule has 15 nitrogen and oxygen atoms in total. The second kappa shape index (κ2) is 17.6. The van der Waals surface area contributed by atoms with Crippen molar-refractivity contribution >= 4 is 57.0 Å². The van der Waals surface area contributed by atoms with Gasteiger partial charge in [-0.3, -0.25) is 19.6 Å². The molecule has 59 heavy (non-hydrogen) atoms. The van der Waals surface area contributed by atoms with Gasteiger partial charge in [0, 0.05) is 66.1 Å². The van der Waals surface area contributed by atoms with Crippen molar-refractivity contribution in [2.45, 2.75) is 40.5 Å². The number of nitrogens with two attached hydrogens (primary N) is 3. The molecule has 0 saturated heterocycles. The number of hydrogen-bond acceptors (Lipinski definition) is 11. The Labute approximate surface area is 341 Å². The fraction of sp³-hybridized carbons (Fsp3) is 0.182. The van der Waals surface area contributed by atoms with E-state index in [0.29, 0.717) is 17.3 Å². The van der Waals surface area contributed by atoms with E-state index in [1.54, 1.807) is 12.1 Å². The first-order valence-corrected chi connectivity index (χ1v) is 18.6. The molecule has 0 spiro atoms. The highest BCUT2D eigenvalue weighted by atomic mass is 16.4. The van der Waals surface area contributed by atoms with Gasteiger partial charge in [-0.15, -0.1) is 0 Å². The minimum absolute atomic E-state index is 0.00167. The molecule has 300 valence electrons. The van der Waals surface area contributed by atoms with E-state index in [1.807, 2.05) is 124 Å². The monoisotopic (exact) mass is 790 g/mol. The van der Waals surface area contributed by atoms with Crippen molar-refractivity contribution < 1.29 is 14.7 Å². The van der Waals surface area contributed by atoms with E-state index in [-0.39, 0.29) is 18.7 Å². The summed E-state index contributed by atoms with van der Waals surface area (Å²) in [5, 5.41) is 13.1. The van der Waals surface area contributed by atoms with E-state index in [0.717, 1.165) is 83.9 Å². The zero-order chi connectivity index (χ0) is 42.4. The Morgan fingerprint density at radius 1 is 0.627 bits per heavy atom. The van der Waals surface area contributed by atoms with Crippen LogP contribution in [0.5, 0.6) is 0 Å². The summed E-state index contributed by atoms with van der Waals surface area (Å²) >= 11 is 0. The van der Waals surface area contributed by atoms with Crippen molar-refractivity contribution in [3.8, 4) is 22.3 Å². The van der Waals surface area contributed by atoms with Crippen LogP contribution in [0.1, 0.15) is 33.9 Å². The number of anilines is 4. The minimum atomic E-state index is -0.844. The standard InChI is InChI=1S/C22H22N6O.C14H15N5.C8H9NO2/c1-13-9-16(27-19(29)10-15-6-4-5-14(2)26-15)7-8-17(13)18-11-28(3)22-20(18)21(23)24-12-25-22;1-8-5-9(15)3-4-10(8)11-6-19(2)14-12(11)13(16)17-7-18-14;1-6-3-2-4-7(9-6)5-8(10)11/h4-9,11-12H,10H2,1-3H3,(H,27,29)(H2,23,24,25);3-7H,15H2,1-2H3,(H2,16,17,18);2-4H,5H2,1H3,(H,10,11). The number of aryl methyl sites for hydroxylation is 6. The summed E-state index contributed by atoms with van der Waals surface area (Å²) < 4.78 is 3.89. The second-order valence-electron chi connectivity index (χ2n) is 14.2. The predicted molar refractivity (Wildman–Crippen MR) is 232 cm³/mol. The third kappa shape index (κ3) is 9.65. The highest BCUT2D eigenvalue weighted by molar-refractivity contribution is 6.02. The third-order valence-electron chi connectivity index (χ3n) is 9.47. The zero-order valence-electron chi connectivity index (χ0n) is 33.7. The van der Waals surface area contributed by atoms with Crippen molar-refractivity contribution in [1.82, 2.24) is 39.0 Å². The normalized spacial score (nSPS) is 10.7. The molecule has 8 aromatic rings. The Hall–Kier alpha value is -7.68. The van der Waals surface area contributed by atoms with Crippen molar-refractivity contribution in [2.75, 3.05) is 22.5 Å². The molecule has 0 saturated carbocycles. The number of hydrogen-bond donors (Lipinski definition) is 5. The molecule has 1 amide bonds. The summed E-state index contributed by atoms with van der Waals surface area (Å²) in [6.07, 6.45) is 7.21. The summed E-state index contributed by atoms with van der Waals surface area (Å²) in [7, 11) is 3.88. The number of amides is 1. The number of nitrogens with zero attached hydrogens (tertiary/aromatic N) is 8. The number of aromatic nitrogens is 8. The first-order chi connectivity index (χ1) is 28.2. The average Bonchev–Trinajstić information content (AvgIpc) is 3.69.